The molecule has 7 unspecified atom stereocenters. The van der Waals surface area contributed by atoms with Crippen molar-refractivity contribution in [3.05, 3.63) is 35.5 Å². The van der Waals surface area contributed by atoms with E-state index in [-0.39, 0.29) is 29.6 Å². The maximum atomic E-state index is 13.9. The average Bonchev–Trinajstić information content (AvgIpc) is 3.59. The molecule has 5 aliphatic rings. The molecule has 5 heterocycles. The van der Waals surface area contributed by atoms with E-state index in [0.717, 1.165) is 18.4 Å². The second-order valence-corrected chi connectivity index (χ2v) is 12.7. The number of benzene rings is 1. The first kappa shape index (κ1) is 25.0. The minimum atomic E-state index is -1.98. The summed E-state index contributed by atoms with van der Waals surface area (Å²) in [7, 11) is 2.06. The first-order chi connectivity index (χ1) is 18.5. The van der Waals surface area contributed by atoms with Gasteiger partial charge in [-0.15, -0.1) is 0 Å². The van der Waals surface area contributed by atoms with Gasteiger partial charge in [-0.3, -0.25) is 24.0 Å². The van der Waals surface area contributed by atoms with Gasteiger partial charge in [0.1, 0.15) is 12.1 Å². The Kier molecular flexibility index (Phi) is 5.32. The number of hydrogen-bond donors (Lipinski definition) is 3. The normalized spacial score (nSPS) is 37.8. The Morgan fingerprint density at radius 1 is 1.28 bits per heavy atom. The number of piperidine rings is 1. The molecule has 0 bridgehead atoms. The fourth-order valence-corrected chi connectivity index (χ4v) is 8.16. The minimum absolute atomic E-state index is 0.166. The van der Waals surface area contributed by atoms with Gasteiger partial charge in [-0.1, -0.05) is 26.0 Å². The van der Waals surface area contributed by atoms with Crippen molar-refractivity contribution in [3.8, 4) is 0 Å². The molecule has 3 N–H and O–H groups in total. The number of aliphatic hydroxyl groups is 1. The van der Waals surface area contributed by atoms with Gasteiger partial charge in [-0.05, 0) is 62.8 Å². The van der Waals surface area contributed by atoms with Gasteiger partial charge in [0.05, 0.1) is 5.92 Å². The van der Waals surface area contributed by atoms with Crippen LogP contribution in [0.25, 0.3) is 10.9 Å². The molecule has 3 amide bonds. The van der Waals surface area contributed by atoms with E-state index in [0.29, 0.717) is 32.0 Å². The van der Waals surface area contributed by atoms with Crippen molar-refractivity contribution >= 4 is 28.6 Å². The monoisotopic (exact) mass is 535 g/mol. The predicted molar refractivity (Wildman–Crippen MR) is 142 cm³/mol. The van der Waals surface area contributed by atoms with Gasteiger partial charge < -0.3 is 25.2 Å². The van der Waals surface area contributed by atoms with Crippen molar-refractivity contribution in [3.63, 3.8) is 0 Å². The molecule has 1 aromatic carbocycles. The summed E-state index contributed by atoms with van der Waals surface area (Å²) in [6, 6.07) is 5.11. The number of piperazine rings is 1. The Hall–Kier alpha value is -2.95. The third-order valence-corrected chi connectivity index (χ3v) is 9.92. The van der Waals surface area contributed by atoms with Crippen LogP contribution in [0.2, 0.25) is 0 Å². The number of H-pyrrole nitrogens is 1. The second-order valence-electron chi connectivity index (χ2n) is 12.7. The number of carbonyl (C=O) groups excluding carboxylic acids is 3. The molecule has 10 heteroatoms. The molecule has 0 saturated carbocycles. The van der Waals surface area contributed by atoms with E-state index in [4.69, 9.17) is 4.74 Å². The maximum Gasteiger partial charge on any atom is 0.280 e. The summed E-state index contributed by atoms with van der Waals surface area (Å²) in [5.41, 5.74) is 1.92. The highest BCUT2D eigenvalue weighted by molar-refractivity contribution is 5.97. The topological polar surface area (TPSA) is 118 Å². The number of carbonyl (C=O) groups is 3. The fourth-order valence-electron chi connectivity index (χ4n) is 8.16. The molecule has 7 atom stereocenters. The summed E-state index contributed by atoms with van der Waals surface area (Å²) in [5, 5.41) is 16.0. The SMILES string of the molecule is CC(C)C1C(=O)N2CCCC2C2(O)OC(C)(NC(=O)C3CC4c5cccc6[nH]cc(c56)CC4N(C)C3)C(=O)N12. The van der Waals surface area contributed by atoms with E-state index in [9.17, 15) is 19.5 Å². The number of aromatic amines is 1. The molecule has 0 radical (unpaired) electrons. The first-order valence-corrected chi connectivity index (χ1v) is 14.2. The van der Waals surface area contributed by atoms with Crippen molar-refractivity contribution in [2.45, 2.75) is 82.1 Å². The Morgan fingerprint density at radius 2 is 2.08 bits per heavy atom. The number of ether oxygens (including phenoxy) is 1. The Labute approximate surface area is 227 Å². The van der Waals surface area contributed by atoms with E-state index >= 15 is 0 Å². The van der Waals surface area contributed by atoms with Gasteiger partial charge in [0.2, 0.25) is 17.5 Å². The van der Waals surface area contributed by atoms with Gasteiger partial charge in [-0.25, -0.2) is 0 Å². The van der Waals surface area contributed by atoms with Gasteiger partial charge in [0.15, 0.2) is 0 Å². The van der Waals surface area contributed by atoms with Gasteiger partial charge in [0, 0.05) is 42.1 Å². The zero-order chi connectivity index (χ0) is 27.4. The van der Waals surface area contributed by atoms with Crippen LogP contribution in [0.1, 0.15) is 57.1 Å². The number of fused-ring (bicyclic) bond motifs is 5. The smallest absolute Gasteiger partial charge is 0.280 e. The molecule has 1 aliphatic carbocycles. The predicted octanol–water partition coefficient (Wildman–Crippen LogP) is 1.49. The summed E-state index contributed by atoms with van der Waals surface area (Å²) >= 11 is 0. The number of likely N-dealkylation sites (tertiary alicyclic amines) is 1. The summed E-state index contributed by atoms with van der Waals surface area (Å²) in [5.74, 6) is -3.40. The number of aromatic nitrogens is 1. The lowest BCUT2D eigenvalue weighted by atomic mass is 9.72. The van der Waals surface area contributed by atoms with E-state index in [1.165, 1.54) is 28.3 Å². The van der Waals surface area contributed by atoms with Crippen LogP contribution in [0.5, 0.6) is 0 Å². The van der Waals surface area contributed by atoms with Crippen molar-refractivity contribution in [1.29, 1.82) is 0 Å². The van der Waals surface area contributed by atoms with E-state index in [2.05, 4.69) is 46.6 Å². The Morgan fingerprint density at radius 3 is 2.85 bits per heavy atom. The molecule has 4 aliphatic heterocycles. The van der Waals surface area contributed by atoms with Crippen LogP contribution < -0.4 is 5.32 Å². The molecule has 2 aromatic rings. The molecule has 39 heavy (non-hydrogen) atoms. The number of rotatable bonds is 3. The largest absolute Gasteiger partial charge is 0.361 e. The van der Waals surface area contributed by atoms with Gasteiger partial charge >= 0.3 is 0 Å². The molecule has 4 fully saturated rings. The molecule has 0 spiro atoms. The number of amides is 3. The second kappa shape index (κ2) is 8.28. The highest BCUT2D eigenvalue weighted by atomic mass is 16.7. The van der Waals surface area contributed by atoms with Crippen LogP contribution in [-0.2, 0) is 25.5 Å². The van der Waals surface area contributed by atoms with Crippen LogP contribution in [-0.4, -0.2) is 92.4 Å². The van der Waals surface area contributed by atoms with Gasteiger partial charge in [-0.2, -0.15) is 0 Å². The molecule has 208 valence electrons. The van der Waals surface area contributed by atoms with Crippen LogP contribution in [0.3, 0.4) is 0 Å². The molecule has 10 nitrogen and oxygen atoms in total. The van der Waals surface area contributed by atoms with Gasteiger partial charge in [0.25, 0.3) is 11.8 Å². The molecule has 4 saturated heterocycles. The number of hydrogen-bond acceptors (Lipinski definition) is 6. The van der Waals surface area contributed by atoms with Crippen molar-refractivity contribution in [2.24, 2.45) is 11.8 Å². The van der Waals surface area contributed by atoms with Crippen molar-refractivity contribution in [1.82, 2.24) is 25.0 Å². The zero-order valence-corrected chi connectivity index (χ0v) is 22.9. The molecular formula is C29H37N5O5. The van der Waals surface area contributed by atoms with Crippen LogP contribution in [0.15, 0.2) is 24.4 Å². The van der Waals surface area contributed by atoms with Crippen LogP contribution >= 0.6 is 0 Å². The minimum Gasteiger partial charge on any atom is -0.361 e. The number of likely N-dealkylation sites (N-methyl/N-ethyl adjacent to an activating group) is 1. The quantitative estimate of drug-likeness (QED) is 0.548. The van der Waals surface area contributed by atoms with E-state index in [1.54, 1.807) is 4.90 Å². The summed E-state index contributed by atoms with van der Waals surface area (Å²) in [6.45, 7) is 6.31. The zero-order valence-electron chi connectivity index (χ0n) is 22.9. The first-order valence-electron chi connectivity index (χ1n) is 14.2. The number of nitrogens with one attached hydrogen (secondary N) is 2. The maximum absolute atomic E-state index is 13.9. The molecule has 7 rings (SSSR count). The average molecular weight is 536 g/mol. The third-order valence-electron chi connectivity index (χ3n) is 9.92. The Balaban J connectivity index is 1.17. The lowest BCUT2D eigenvalue weighted by Gasteiger charge is -2.49. The third kappa shape index (κ3) is 3.34. The van der Waals surface area contributed by atoms with Crippen molar-refractivity contribution in [2.75, 3.05) is 20.1 Å². The standard InChI is InChI=1S/C29H37N5O5/c1-15(2)24-26(36)33-10-6-9-22(33)29(38)34(24)27(37)28(3,39-29)31-25(35)17-11-19-18-7-5-8-20-23(18)16(13-30-20)12-21(19)32(4)14-17/h5,7-8,13,15,17,19,21-22,24,30,38H,6,9-12,14H2,1-4H3,(H,31,35). The molecular weight excluding hydrogens is 498 g/mol. The van der Waals surface area contributed by atoms with E-state index in [1.807, 2.05) is 13.8 Å². The summed E-state index contributed by atoms with van der Waals surface area (Å²) in [4.78, 5) is 49.6. The lowest BCUT2D eigenvalue weighted by molar-refractivity contribution is -0.317. The Bertz CT molecular complexity index is 1390. The highest BCUT2D eigenvalue weighted by Gasteiger charge is 2.70. The highest BCUT2D eigenvalue weighted by Crippen LogP contribution is 2.47. The lowest BCUT2D eigenvalue weighted by Crippen LogP contribution is -2.72. The molecule has 1 aromatic heterocycles. The van der Waals surface area contributed by atoms with Crippen molar-refractivity contribution < 1.29 is 24.2 Å². The fraction of sp³-hybridized carbons (Fsp3) is 0.621. The number of nitrogens with zero attached hydrogens (tertiary/aromatic N) is 3. The van der Waals surface area contributed by atoms with Crippen LogP contribution in [0, 0.1) is 11.8 Å². The van der Waals surface area contributed by atoms with Crippen LogP contribution in [0.4, 0.5) is 0 Å². The summed E-state index contributed by atoms with van der Waals surface area (Å²) < 4.78 is 6.16. The summed E-state index contributed by atoms with van der Waals surface area (Å²) in [6.07, 6.45) is 4.94. The van der Waals surface area contributed by atoms with E-state index < -0.39 is 29.6 Å².